The number of pyridine rings is 2. The molecule has 6 spiro atoms. The summed E-state index contributed by atoms with van der Waals surface area (Å²) in [6, 6.07) is 35.3. The van der Waals surface area contributed by atoms with Crippen LogP contribution in [0.5, 0.6) is 0 Å². The molecule has 11 heterocycles. The monoisotopic (exact) mass is 1510 g/mol. The summed E-state index contributed by atoms with van der Waals surface area (Å²) in [6.07, 6.45) is 40.6. The topological polar surface area (TPSA) is 222 Å². The second-order valence-corrected chi connectivity index (χ2v) is 42.2. The zero-order chi connectivity index (χ0) is 75.7. The van der Waals surface area contributed by atoms with Crippen molar-refractivity contribution in [2.45, 2.75) is 253 Å². The number of hydrogen-bond acceptors (Lipinski definition) is 15. The first-order chi connectivity index (χ1) is 54.6. The number of benzene rings is 4. The number of ether oxygens (including phenoxy) is 3. The third-order valence-electron chi connectivity index (χ3n) is 38.3. The second-order valence-electron chi connectivity index (χ2n) is 42.2. The Morgan fingerprint density at radius 2 is 0.903 bits per heavy atom. The molecule has 28 rings (SSSR count). The Balaban J connectivity index is 0.0000000937. The Morgan fingerprint density at radius 3 is 1.46 bits per heavy atom. The Hall–Kier alpha value is -6.12. The second kappa shape index (κ2) is 22.2. The predicted octanol–water partition coefficient (Wildman–Crippen LogP) is 12.2. The molecule has 15 nitrogen and oxygen atoms in total. The van der Waals surface area contributed by atoms with Gasteiger partial charge in [-0.1, -0.05) is 124 Å². The lowest BCUT2D eigenvalue weighted by Crippen LogP contribution is -2.74. The van der Waals surface area contributed by atoms with Gasteiger partial charge in [0.05, 0.1) is 28.4 Å². The molecule has 9 aliphatic heterocycles. The van der Waals surface area contributed by atoms with Crippen LogP contribution in [0.25, 0.3) is 32.3 Å². The number of aromatic nitrogens is 2. The molecule has 22 aliphatic rings. The van der Waals surface area contributed by atoms with Gasteiger partial charge in [-0.25, -0.2) is 0 Å². The molecule has 6 aromatic rings. The Labute approximate surface area is 663 Å². The van der Waals surface area contributed by atoms with Gasteiger partial charge < -0.3 is 51.8 Å². The minimum atomic E-state index is -1.06. The molecular weight excluding hydrogens is 1400 g/mol. The molecule has 16 fully saturated rings. The van der Waals surface area contributed by atoms with Gasteiger partial charge in [-0.05, 0) is 282 Å². The largest absolute Gasteiger partial charge is 0.388 e. The van der Waals surface area contributed by atoms with Crippen LogP contribution in [0.1, 0.15) is 159 Å². The van der Waals surface area contributed by atoms with Crippen molar-refractivity contribution in [3.63, 3.8) is 0 Å². The van der Waals surface area contributed by atoms with Gasteiger partial charge in [0.2, 0.25) is 0 Å². The van der Waals surface area contributed by atoms with Gasteiger partial charge in [-0.3, -0.25) is 24.7 Å². The van der Waals surface area contributed by atoms with E-state index in [1.54, 1.807) is 16.7 Å². The quantitative estimate of drug-likeness (QED) is 0.0824. The lowest BCUT2D eigenvalue weighted by atomic mass is 9.55. The molecule has 586 valence electrons. The highest BCUT2D eigenvalue weighted by Crippen LogP contribution is 2.85. The SMILES string of the molecule is C[C@]12CC=C3C=C4C(O)C(O)[C@@H](N5CC(N)C5)C(O)[C@]45CCC3(O5)[C@@H]1C[C@H]1C[C@]12c1ccc2ccccc2c1.C[C@]12CC=C3C=C4CC[C@@H](N5CC(N)C5)[C@H](O)[C@]45CCC3(O5)[C@@H]1C[C@H]1C[C@]12c1ccc2ccncc2c1.C[C@]12CC=C3C=C4[C@H]5C[C@H]5[C@@H](N5CC(N)C5)C[C@]45CCC3(O5)[C@@H]1C[C@H]1C[C@]12c1ccc2ccncc2c1. The van der Waals surface area contributed by atoms with Crippen molar-refractivity contribution < 1.29 is 34.6 Å². The summed E-state index contributed by atoms with van der Waals surface area (Å²) in [4.78, 5) is 16.0. The molecule has 13 aliphatic carbocycles. The average molecular weight is 1510 g/mol. The highest BCUT2D eigenvalue weighted by Gasteiger charge is 2.83. The van der Waals surface area contributed by atoms with Gasteiger partial charge >= 0.3 is 0 Å². The first-order valence-corrected chi connectivity index (χ1v) is 44.4. The maximum Gasteiger partial charge on any atom is 0.121 e. The van der Waals surface area contributed by atoms with Crippen molar-refractivity contribution in [3.8, 4) is 0 Å². The smallest absolute Gasteiger partial charge is 0.121 e. The van der Waals surface area contributed by atoms with Crippen LogP contribution in [0.2, 0.25) is 0 Å². The molecule has 10 N–H and O–H groups in total. The molecule has 6 unspecified atom stereocenters. The minimum Gasteiger partial charge on any atom is -0.388 e. The number of likely N-dealkylation sites (tertiary alicyclic amines) is 3. The summed E-state index contributed by atoms with van der Waals surface area (Å²) in [5.41, 5.74) is 29.7. The van der Waals surface area contributed by atoms with Crippen molar-refractivity contribution in [2.75, 3.05) is 39.3 Å². The first kappa shape index (κ1) is 68.9. The lowest BCUT2D eigenvalue weighted by molar-refractivity contribution is -0.223. The van der Waals surface area contributed by atoms with Gasteiger partial charge in [-0.15, -0.1) is 0 Å². The number of hydrogen-bond donors (Lipinski definition) is 7. The van der Waals surface area contributed by atoms with E-state index in [9.17, 15) is 20.4 Å². The molecular formula is C98H112N8O7. The average Bonchev–Trinajstić information content (AvgIpc) is 1.48. The third kappa shape index (κ3) is 8.31. The first-order valence-electron chi connectivity index (χ1n) is 44.4. The number of fused-ring (bicyclic) bond motifs is 14. The summed E-state index contributed by atoms with van der Waals surface area (Å²) in [6.45, 7) is 12.9. The van der Waals surface area contributed by atoms with Crippen LogP contribution in [0.3, 0.4) is 0 Å². The van der Waals surface area contributed by atoms with Gasteiger partial charge in [-0.2, -0.15) is 0 Å². The van der Waals surface area contributed by atoms with E-state index in [1.165, 1.54) is 119 Å². The zero-order valence-electron chi connectivity index (χ0n) is 66.0. The van der Waals surface area contributed by atoms with Gasteiger partial charge in [0.1, 0.15) is 35.6 Å². The number of allylic oxidation sites excluding steroid dienone is 3. The van der Waals surface area contributed by atoms with Crippen LogP contribution in [-0.2, 0) is 30.5 Å². The van der Waals surface area contributed by atoms with E-state index in [-0.39, 0.29) is 62.0 Å². The van der Waals surface area contributed by atoms with Gasteiger partial charge in [0, 0.05) is 121 Å². The van der Waals surface area contributed by atoms with Crippen molar-refractivity contribution in [1.82, 2.24) is 24.7 Å². The van der Waals surface area contributed by atoms with E-state index >= 15 is 0 Å². The highest BCUT2D eigenvalue weighted by molar-refractivity contribution is 5.85. The fourth-order valence-electron chi connectivity index (χ4n) is 32.6. The standard InChI is InChI=1S/C33H37N3O.C33H38N2O4.C32H37N3O2/c1-30-6-4-22-11-27-25-13-26(25)28(36-17-24(34)18-36)15-31(27)7-8-33(22,37-31)29(30)12-23-14-32(23,30)21-3-2-19-5-9-35-16-20(19)10-21;1-30-9-8-21-13-24-27(36)28(37)26(35-16-23(34)17-35)29(38)33(24)11-10-32(21,39-33)25(30)14-22-15-31(22,30)20-7-6-18-4-2-3-5-19(18)12-20;1-29-8-6-23-13-22-4-5-26(35-17-25(33)18-35)28(36)32(22)10-9-31(23,37-32)27(29)14-24-15-30(24,29)21-3-2-19-7-11-34-16-20(19)12-21/h2-5,9-11,16,23-26,28-29H,6-8,12-15,17-18,34H2,1H3;2-8,12-13,22-23,25-29,36-38H,9-11,14-17,34H2,1H3;2-3,6-7,11-13,16,24-28,36H,4-5,8-10,14-15,17-18,33H2,1H3/t23-,25-,26+,28-,29+,30-,31+,32-,33?;22-,25+,26+,27?,28?,29?,30-,31-,32?,33-;24-,26+,27+,28-,29-,30-,31?,32-/m000/s1. The molecule has 2 aromatic heterocycles. The predicted molar refractivity (Wildman–Crippen MR) is 435 cm³/mol. The fraction of sp³-hybridized carbons (Fsp3) is 0.592. The van der Waals surface area contributed by atoms with Crippen LogP contribution in [-0.4, -0.2) is 179 Å². The van der Waals surface area contributed by atoms with Crippen molar-refractivity contribution in [2.24, 2.45) is 80.8 Å². The summed E-state index contributed by atoms with van der Waals surface area (Å²) >= 11 is 0. The molecule has 4 aromatic carbocycles. The van der Waals surface area contributed by atoms with Crippen molar-refractivity contribution in [3.05, 3.63) is 202 Å². The molecule has 113 heavy (non-hydrogen) atoms. The van der Waals surface area contributed by atoms with Crippen LogP contribution in [0.4, 0.5) is 0 Å². The van der Waals surface area contributed by atoms with E-state index < -0.39 is 47.3 Å². The van der Waals surface area contributed by atoms with Crippen LogP contribution in [0.15, 0.2) is 186 Å². The molecule has 6 saturated heterocycles. The van der Waals surface area contributed by atoms with Gasteiger partial charge in [0.25, 0.3) is 0 Å². The summed E-state index contributed by atoms with van der Waals surface area (Å²) in [5.74, 6) is 5.21. The molecule has 15 heteroatoms. The van der Waals surface area contributed by atoms with E-state index in [1.807, 2.05) is 29.7 Å². The number of nitrogens with two attached hydrogens (primary N) is 3. The number of aliphatic hydroxyl groups excluding tert-OH is 4. The summed E-state index contributed by atoms with van der Waals surface area (Å²) in [5, 5.41) is 54.0. The molecule has 27 atom stereocenters. The van der Waals surface area contributed by atoms with E-state index in [0.717, 1.165) is 107 Å². The van der Waals surface area contributed by atoms with E-state index in [2.05, 4.69) is 168 Å². The Bertz CT molecular complexity index is 5290. The summed E-state index contributed by atoms with van der Waals surface area (Å²) in [7, 11) is 0. The van der Waals surface area contributed by atoms with Crippen LogP contribution >= 0.6 is 0 Å². The molecule has 0 radical (unpaired) electrons. The summed E-state index contributed by atoms with van der Waals surface area (Å²) < 4.78 is 22.3. The molecule has 0 amide bonds. The lowest BCUT2D eigenvalue weighted by Gasteiger charge is -2.59. The maximum absolute atomic E-state index is 11.9. The fourth-order valence-corrected chi connectivity index (χ4v) is 32.6. The van der Waals surface area contributed by atoms with Crippen LogP contribution < -0.4 is 17.2 Å². The molecule has 6 bridgehead atoms. The number of rotatable bonds is 6. The number of aliphatic hydroxyl groups is 4. The van der Waals surface area contributed by atoms with E-state index in [0.29, 0.717) is 66.3 Å². The number of nitrogens with zero attached hydrogens (tertiary/aromatic N) is 5. The highest BCUT2D eigenvalue weighted by atomic mass is 16.6. The van der Waals surface area contributed by atoms with Gasteiger partial charge in [0.15, 0.2) is 0 Å². The minimum absolute atomic E-state index is 0.00777. The van der Waals surface area contributed by atoms with E-state index in [4.69, 9.17) is 31.4 Å². The van der Waals surface area contributed by atoms with Crippen molar-refractivity contribution >= 4 is 32.3 Å². The van der Waals surface area contributed by atoms with Crippen LogP contribution in [0, 0.1) is 63.6 Å². The maximum atomic E-state index is 11.9. The molecule has 10 saturated carbocycles. The Kier molecular flexibility index (Phi) is 13.6. The normalized spacial score (nSPS) is 49.5. The van der Waals surface area contributed by atoms with Crippen molar-refractivity contribution in [1.29, 1.82) is 0 Å². The third-order valence-corrected chi connectivity index (χ3v) is 38.3. The Morgan fingerprint density at radius 1 is 0.442 bits per heavy atom. The zero-order valence-corrected chi connectivity index (χ0v) is 66.0.